The van der Waals surface area contributed by atoms with Crippen molar-refractivity contribution in [3.8, 4) is 0 Å². The van der Waals surface area contributed by atoms with Gasteiger partial charge in [0.25, 0.3) is 0 Å². The zero-order valence-electron chi connectivity index (χ0n) is 8.80. The van der Waals surface area contributed by atoms with E-state index >= 15 is 0 Å². The highest BCUT2D eigenvalue weighted by Crippen LogP contribution is 2.01. The molecule has 3 heteroatoms. The first-order valence-electron chi connectivity index (χ1n) is 5.17. The van der Waals surface area contributed by atoms with Crippen LogP contribution in [0.4, 0.5) is 0 Å². The molecule has 0 spiro atoms. The Kier molecular flexibility index (Phi) is 10.5. The number of unbranched alkanes of at least 4 members (excludes halogenated alkanes) is 2. The molecule has 0 amide bonds. The van der Waals surface area contributed by atoms with Crippen LogP contribution in [0.3, 0.4) is 0 Å². The SMILES string of the molecule is CCOC(=O)CC/C=C/CCCCBr. The molecule has 0 fully saturated rings. The first kappa shape index (κ1) is 13.7. The molecule has 82 valence electrons. The van der Waals surface area contributed by atoms with Crippen molar-refractivity contribution in [1.82, 2.24) is 0 Å². The largest absolute Gasteiger partial charge is 0.466 e. The molecule has 0 aromatic heterocycles. The third-order valence-corrected chi connectivity index (χ3v) is 2.30. The van der Waals surface area contributed by atoms with E-state index in [-0.39, 0.29) is 5.97 Å². The van der Waals surface area contributed by atoms with Crippen molar-refractivity contribution in [1.29, 1.82) is 0 Å². The maximum atomic E-state index is 10.9. The number of alkyl halides is 1. The van der Waals surface area contributed by atoms with Gasteiger partial charge in [-0.2, -0.15) is 0 Å². The Bertz CT molecular complexity index is 167. The molecule has 14 heavy (non-hydrogen) atoms. The van der Waals surface area contributed by atoms with Gasteiger partial charge in [0.15, 0.2) is 0 Å². The van der Waals surface area contributed by atoms with E-state index in [0.29, 0.717) is 13.0 Å². The fourth-order valence-corrected chi connectivity index (χ4v) is 1.42. The summed E-state index contributed by atoms with van der Waals surface area (Å²) in [4.78, 5) is 10.9. The van der Waals surface area contributed by atoms with E-state index < -0.39 is 0 Å². The first-order valence-corrected chi connectivity index (χ1v) is 6.30. The number of halogens is 1. The normalized spacial score (nSPS) is 10.7. The number of allylic oxidation sites excluding steroid dienone is 2. The predicted molar refractivity (Wildman–Crippen MR) is 62.7 cm³/mol. The summed E-state index contributed by atoms with van der Waals surface area (Å²) in [6.07, 6.45) is 9.03. The molecule has 0 bridgehead atoms. The van der Waals surface area contributed by atoms with Crippen molar-refractivity contribution in [2.45, 2.75) is 39.0 Å². The van der Waals surface area contributed by atoms with Crippen LogP contribution in [0.15, 0.2) is 12.2 Å². The maximum Gasteiger partial charge on any atom is 0.306 e. The van der Waals surface area contributed by atoms with Gasteiger partial charge in [-0.05, 0) is 32.6 Å². The summed E-state index contributed by atoms with van der Waals surface area (Å²) in [5.74, 6) is -0.0994. The molecule has 0 atom stereocenters. The van der Waals surface area contributed by atoms with Crippen molar-refractivity contribution >= 4 is 21.9 Å². The lowest BCUT2D eigenvalue weighted by atomic mass is 10.2. The molecular formula is C11H19BrO2. The van der Waals surface area contributed by atoms with Gasteiger partial charge in [-0.1, -0.05) is 28.1 Å². The van der Waals surface area contributed by atoms with Crippen molar-refractivity contribution in [3.63, 3.8) is 0 Å². The highest BCUT2D eigenvalue weighted by Gasteiger charge is 1.97. The molecular weight excluding hydrogens is 244 g/mol. The fraction of sp³-hybridized carbons (Fsp3) is 0.727. The monoisotopic (exact) mass is 262 g/mol. The molecule has 0 N–H and O–H groups in total. The second kappa shape index (κ2) is 10.8. The number of carbonyl (C=O) groups is 1. The van der Waals surface area contributed by atoms with Crippen molar-refractivity contribution in [2.75, 3.05) is 11.9 Å². The van der Waals surface area contributed by atoms with Gasteiger partial charge in [0, 0.05) is 11.8 Å². The summed E-state index contributed by atoms with van der Waals surface area (Å²) < 4.78 is 4.81. The highest BCUT2D eigenvalue weighted by molar-refractivity contribution is 9.09. The first-order chi connectivity index (χ1) is 6.81. The maximum absolute atomic E-state index is 10.9. The Morgan fingerprint density at radius 2 is 2.00 bits per heavy atom. The van der Waals surface area contributed by atoms with Crippen LogP contribution in [0.1, 0.15) is 39.0 Å². The highest BCUT2D eigenvalue weighted by atomic mass is 79.9. The minimum atomic E-state index is -0.0994. The van der Waals surface area contributed by atoms with Gasteiger partial charge < -0.3 is 4.74 Å². The topological polar surface area (TPSA) is 26.3 Å². The Hall–Kier alpha value is -0.310. The zero-order chi connectivity index (χ0) is 10.6. The van der Waals surface area contributed by atoms with Crippen LogP contribution in [0.25, 0.3) is 0 Å². The molecule has 0 saturated heterocycles. The standard InChI is InChI=1S/C11H19BrO2/c1-2-14-11(13)9-7-5-3-4-6-8-10-12/h3,5H,2,4,6-10H2,1H3/b5-3+. The zero-order valence-corrected chi connectivity index (χ0v) is 10.4. The number of carbonyl (C=O) groups excluding carboxylic acids is 1. The van der Waals surface area contributed by atoms with Crippen LogP contribution in [0, 0.1) is 0 Å². The molecule has 2 nitrogen and oxygen atoms in total. The smallest absolute Gasteiger partial charge is 0.306 e. The van der Waals surface area contributed by atoms with Crippen molar-refractivity contribution in [3.05, 3.63) is 12.2 Å². The van der Waals surface area contributed by atoms with Crippen LogP contribution in [0.5, 0.6) is 0 Å². The minimum Gasteiger partial charge on any atom is -0.466 e. The Labute approximate surface area is 94.8 Å². The second-order valence-corrected chi connectivity index (χ2v) is 3.79. The molecule has 0 aliphatic carbocycles. The van der Waals surface area contributed by atoms with Gasteiger partial charge in [-0.3, -0.25) is 4.79 Å². The fourth-order valence-electron chi connectivity index (χ4n) is 1.03. The van der Waals surface area contributed by atoms with E-state index in [1.54, 1.807) is 0 Å². The molecule has 0 radical (unpaired) electrons. The summed E-state index contributed by atoms with van der Waals surface area (Å²) in [6.45, 7) is 2.31. The van der Waals surface area contributed by atoms with Gasteiger partial charge in [0.1, 0.15) is 0 Å². The Balaban J connectivity index is 3.21. The molecule has 0 aromatic rings. The number of hydrogen-bond acceptors (Lipinski definition) is 2. The lowest BCUT2D eigenvalue weighted by molar-refractivity contribution is -0.142. The summed E-state index contributed by atoms with van der Waals surface area (Å²) in [7, 11) is 0. The van der Waals surface area contributed by atoms with Gasteiger partial charge >= 0.3 is 5.97 Å². The Morgan fingerprint density at radius 1 is 1.29 bits per heavy atom. The summed E-state index contributed by atoms with van der Waals surface area (Å²) in [6, 6.07) is 0. The molecule has 0 rings (SSSR count). The number of hydrogen-bond donors (Lipinski definition) is 0. The molecule has 0 aliphatic heterocycles. The van der Waals surface area contributed by atoms with E-state index in [2.05, 4.69) is 28.1 Å². The minimum absolute atomic E-state index is 0.0994. The summed E-state index contributed by atoms with van der Waals surface area (Å²) in [5, 5.41) is 1.07. The van der Waals surface area contributed by atoms with Gasteiger partial charge in [0.2, 0.25) is 0 Å². The molecule has 0 aliphatic rings. The molecule has 0 aromatic carbocycles. The third kappa shape index (κ3) is 9.78. The lowest BCUT2D eigenvalue weighted by Gasteiger charge is -1.97. The molecule has 0 heterocycles. The number of ether oxygens (including phenoxy) is 1. The van der Waals surface area contributed by atoms with Crippen molar-refractivity contribution in [2.24, 2.45) is 0 Å². The molecule has 0 unspecified atom stereocenters. The van der Waals surface area contributed by atoms with E-state index in [1.165, 1.54) is 12.8 Å². The van der Waals surface area contributed by atoms with Gasteiger partial charge in [-0.25, -0.2) is 0 Å². The lowest BCUT2D eigenvalue weighted by Crippen LogP contribution is -2.02. The summed E-state index contributed by atoms with van der Waals surface area (Å²) >= 11 is 3.38. The summed E-state index contributed by atoms with van der Waals surface area (Å²) in [5.41, 5.74) is 0. The average Bonchev–Trinajstić information content (AvgIpc) is 2.17. The predicted octanol–water partition coefficient (Wildman–Crippen LogP) is 3.45. The average molecular weight is 263 g/mol. The quantitative estimate of drug-likeness (QED) is 0.290. The van der Waals surface area contributed by atoms with Crippen LogP contribution in [-0.4, -0.2) is 17.9 Å². The second-order valence-electron chi connectivity index (χ2n) is 3.00. The van der Waals surface area contributed by atoms with E-state index in [4.69, 9.17) is 4.74 Å². The van der Waals surface area contributed by atoms with Crippen LogP contribution in [-0.2, 0) is 9.53 Å². The van der Waals surface area contributed by atoms with Crippen LogP contribution < -0.4 is 0 Å². The molecule has 0 saturated carbocycles. The van der Waals surface area contributed by atoms with E-state index in [0.717, 1.165) is 18.2 Å². The Morgan fingerprint density at radius 3 is 2.64 bits per heavy atom. The number of rotatable bonds is 8. The number of esters is 1. The van der Waals surface area contributed by atoms with Crippen LogP contribution in [0.2, 0.25) is 0 Å². The van der Waals surface area contributed by atoms with Crippen LogP contribution >= 0.6 is 15.9 Å². The van der Waals surface area contributed by atoms with Crippen molar-refractivity contribution < 1.29 is 9.53 Å². The third-order valence-electron chi connectivity index (χ3n) is 1.74. The van der Waals surface area contributed by atoms with Gasteiger partial charge in [-0.15, -0.1) is 0 Å². The van der Waals surface area contributed by atoms with Gasteiger partial charge in [0.05, 0.1) is 6.61 Å². The van der Waals surface area contributed by atoms with E-state index in [9.17, 15) is 4.79 Å². The van der Waals surface area contributed by atoms with E-state index in [1.807, 2.05) is 6.92 Å².